The molecule has 1 aromatic rings. The lowest BCUT2D eigenvalue weighted by Crippen LogP contribution is -2.05. The molecule has 2 N–H and O–H groups in total. The zero-order valence-electron chi connectivity index (χ0n) is 6.77. The number of hydrogen-bond donors (Lipinski definition) is 2. The van der Waals surface area contributed by atoms with Gasteiger partial charge in [0.1, 0.15) is 0 Å². The van der Waals surface area contributed by atoms with Crippen LogP contribution >= 0.6 is 27.5 Å². The molecule has 3 nitrogen and oxygen atoms in total. The molecule has 0 heterocycles. The van der Waals surface area contributed by atoms with Crippen molar-refractivity contribution in [1.82, 2.24) is 0 Å². The number of aromatic hydroxyl groups is 1. The fraction of sp³-hybridized carbons (Fsp3) is 0.125. The Hall–Kier alpha value is -0.740. The van der Waals surface area contributed by atoms with Crippen LogP contribution in [0.15, 0.2) is 16.6 Å². The van der Waals surface area contributed by atoms with Gasteiger partial charge >= 0.3 is 0 Å². The fourth-order valence-electron chi connectivity index (χ4n) is 0.851. The van der Waals surface area contributed by atoms with E-state index < -0.39 is 0 Å². The summed E-state index contributed by atoms with van der Waals surface area (Å²) in [6.45, 7) is 1.36. The number of anilines is 1. The second-order valence-corrected chi connectivity index (χ2v) is 3.79. The first kappa shape index (κ1) is 10.3. The van der Waals surface area contributed by atoms with E-state index in [1.807, 2.05) is 0 Å². The Labute approximate surface area is 88.8 Å². The summed E-state index contributed by atoms with van der Waals surface area (Å²) in [5.74, 6) is -0.385. The monoisotopic (exact) mass is 263 g/mol. The highest BCUT2D eigenvalue weighted by Crippen LogP contribution is 2.34. The molecule has 0 bridgehead atoms. The van der Waals surface area contributed by atoms with Crippen molar-refractivity contribution >= 4 is 39.1 Å². The normalized spacial score (nSPS) is 9.77. The molecule has 13 heavy (non-hydrogen) atoms. The molecule has 5 heteroatoms. The molecule has 0 aliphatic heterocycles. The van der Waals surface area contributed by atoms with Crippen molar-refractivity contribution in [3.63, 3.8) is 0 Å². The second kappa shape index (κ2) is 3.98. The Morgan fingerprint density at radius 2 is 2.23 bits per heavy atom. The number of hydrogen-bond acceptors (Lipinski definition) is 2. The van der Waals surface area contributed by atoms with E-state index in [2.05, 4.69) is 21.2 Å². The molecule has 0 fully saturated rings. The maximum Gasteiger partial charge on any atom is 0.221 e. The van der Waals surface area contributed by atoms with Gasteiger partial charge in [-0.3, -0.25) is 4.79 Å². The van der Waals surface area contributed by atoms with Gasteiger partial charge in [0.05, 0.1) is 10.7 Å². The Balaban J connectivity index is 3.12. The van der Waals surface area contributed by atoms with Crippen LogP contribution in [0.4, 0.5) is 5.69 Å². The average Bonchev–Trinajstić information content (AvgIpc) is 1.98. The highest BCUT2D eigenvalue weighted by molar-refractivity contribution is 9.10. The number of phenolic OH excluding ortho intramolecular Hbond substituents is 1. The van der Waals surface area contributed by atoms with Crippen molar-refractivity contribution in [3.05, 3.63) is 21.6 Å². The standard InChI is InChI=1S/C8H7BrClNO2/c1-4(12)11-7-3-5(9)2-6(10)8(7)13/h2-3,13H,1H3,(H,11,12). The number of amides is 1. The van der Waals surface area contributed by atoms with Gasteiger partial charge in [-0.1, -0.05) is 27.5 Å². The van der Waals surface area contributed by atoms with E-state index in [9.17, 15) is 9.90 Å². The van der Waals surface area contributed by atoms with Crippen LogP contribution < -0.4 is 5.32 Å². The number of phenols is 1. The largest absolute Gasteiger partial charge is 0.504 e. The van der Waals surface area contributed by atoms with Crippen molar-refractivity contribution in [2.24, 2.45) is 0 Å². The predicted molar refractivity (Wildman–Crippen MR) is 55.1 cm³/mol. The van der Waals surface area contributed by atoms with Gasteiger partial charge in [-0.25, -0.2) is 0 Å². The minimum absolute atomic E-state index is 0.125. The van der Waals surface area contributed by atoms with Gasteiger partial charge in [-0.05, 0) is 12.1 Å². The molecule has 0 radical (unpaired) electrons. The number of carbonyl (C=O) groups is 1. The maximum absolute atomic E-state index is 10.7. The molecule has 1 aromatic carbocycles. The number of nitrogens with one attached hydrogen (secondary N) is 1. The van der Waals surface area contributed by atoms with Gasteiger partial charge in [-0.15, -0.1) is 0 Å². The summed E-state index contributed by atoms with van der Waals surface area (Å²) in [5.41, 5.74) is 0.298. The number of benzene rings is 1. The molecule has 1 amide bonds. The molecule has 0 aromatic heterocycles. The minimum atomic E-state index is -0.260. The molecular formula is C8H7BrClNO2. The number of halogens is 2. The first-order valence-electron chi connectivity index (χ1n) is 3.46. The molecule has 70 valence electrons. The lowest BCUT2D eigenvalue weighted by Gasteiger charge is -2.06. The van der Waals surface area contributed by atoms with Gasteiger partial charge in [0.15, 0.2) is 5.75 Å². The van der Waals surface area contributed by atoms with E-state index >= 15 is 0 Å². The van der Waals surface area contributed by atoms with Crippen molar-refractivity contribution < 1.29 is 9.90 Å². The lowest BCUT2D eigenvalue weighted by atomic mass is 10.3. The molecule has 1 rings (SSSR count). The van der Waals surface area contributed by atoms with E-state index in [0.717, 1.165) is 0 Å². The highest BCUT2D eigenvalue weighted by atomic mass is 79.9. The smallest absolute Gasteiger partial charge is 0.221 e. The summed E-state index contributed by atoms with van der Waals surface area (Å²) in [6.07, 6.45) is 0. The second-order valence-electron chi connectivity index (χ2n) is 2.46. The first-order chi connectivity index (χ1) is 6.00. The SMILES string of the molecule is CC(=O)Nc1cc(Br)cc(Cl)c1O. The molecule has 0 saturated heterocycles. The van der Waals surface area contributed by atoms with Crippen molar-refractivity contribution in [2.75, 3.05) is 5.32 Å². The highest BCUT2D eigenvalue weighted by Gasteiger charge is 2.08. The van der Waals surface area contributed by atoms with E-state index in [4.69, 9.17) is 11.6 Å². The molecular weight excluding hydrogens is 257 g/mol. The van der Waals surface area contributed by atoms with Gasteiger partial charge in [0.25, 0.3) is 0 Å². The van der Waals surface area contributed by atoms with Gasteiger partial charge in [0, 0.05) is 11.4 Å². The van der Waals surface area contributed by atoms with Gasteiger partial charge < -0.3 is 10.4 Å². The number of carbonyl (C=O) groups excluding carboxylic acids is 1. The first-order valence-corrected chi connectivity index (χ1v) is 4.63. The van der Waals surface area contributed by atoms with E-state index in [1.54, 1.807) is 12.1 Å². The molecule has 0 aliphatic rings. The van der Waals surface area contributed by atoms with Crippen molar-refractivity contribution in [1.29, 1.82) is 0 Å². The van der Waals surface area contributed by atoms with Crippen LogP contribution in [0.3, 0.4) is 0 Å². The van der Waals surface area contributed by atoms with Crippen LogP contribution in [-0.4, -0.2) is 11.0 Å². The van der Waals surface area contributed by atoms with E-state index in [1.165, 1.54) is 6.92 Å². The zero-order valence-corrected chi connectivity index (χ0v) is 9.11. The zero-order chi connectivity index (χ0) is 10.0. The summed E-state index contributed by atoms with van der Waals surface area (Å²) in [6, 6.07) is 3.12. The number of rotatable bonds is 1. The molecule has 0 atom stereocenters. The summed E-state index contributed by atoms with van der Waals surface area (Å²) in [7, 11) is 0. The van der Waals surface area contributed by atoms with Crippen LogP contribution in [0, 0.1) is 0 Å². The Morgan fingerprint density at radius 3 is 2.77 bits per heavy atom. The summed E-state index contributed by atoms with van der Waals surface area (Å²) in [5, 5.41) is 12.0. The van der Waals surface area contributed by atoms with Crippen molar-refractivity contribution in [2.45, 2.75) is 6.92 Å². The third kappa shape index (κ3) is 2.60. The molecule has 0 aliphatic carbocycles. The predicted octanol–water partition coefficient (Wildman–Crippen LogP) is 2.77. The van der Waals surface area contributed by atoms with E-state index in [-0.39, 0.29) is 16.7 Å². The van der Waals surface area contributed by atoms with Crippen LogP contribution in [0.25, 0.3) is 0 Å². The fourth-order valence-corrected chi connectivity index (χ4v) is 1.66. The third-order valence-electron chi connectivity index (χ3n) is 1.34. The quantitative estimate of drug-likeness (QED) is 0.766. The molecule has 0 saturated carbocycles. The van der Waals surface area contributed by atoms with Crippen LogP contribution in [0.5, 0.6) is 5.75 Å². The van der Waals surface area contributed by atoms with Crippen molar-refractivity contribution in [3.8, 4) is 5.75 Å². The van der Waals surface area contributed by atoms with Crippen LogP contribution in [0.1, 0.15) is 6.92 Å². The molecule has 0 unspecified atom stereocenters. The molecule has 0 spiro atoms. The topological polar surface area (TPSA) is 49.3 Å². The third-order valence-corrected chi connectivity index (χ3v) is 2.08. The summed E-state index contributed by atoms with van der Waals surface area (Å²) < 4.78 is 0.694. The summed E-state index contributed by atoms with van der Waals surface area (Å²) >= 11 is 8.86. The Bertz CT molecular complexity index is 354. The lowest BCUT2D eigenvalue weighted by molar-refractivity contribution is -0.114. The van der Waals surface area contributed by atoms with Crippen LogP contribution in [0.2, 0.25) is 5.02 Å². The van der Waals surface area contributed by atoms with Gasteiger partial charge in [-0.2, -0.15) is 0 Å². The van der Waals surface area contributed by atoms with Gasteiger partial charge in [0.2, 0.25) is 5.91 Å². The Morgan fingerprint density at radius 1 is 1.62 bits per heavy atom. The Kier molecular flexibility index (Phi) is 3.17. The maximum atomic E-state index is 10.7. The average molecular weight is 265 g/mol. The summed E-state index contributed by atoms with van der Waals surface area (Å²) in [4.78, 5) is 10.7. The minimum Gasteiger partial charge on any atom is -0.504 e. The van der Waals surface area contributed by atoms with E-state index in [0.29, 0.717) is 10.2 Å². The van der Waals surface area contributed by atoms with Crippen LogP contribution in [-0.2, 0) is 4.79 Å².